The van der Waals surface area contributed by atoms with Crippen LogP contribution in [0.25, 0.3) is 22.1 Å². The number of furan rings is 1. The zero-order valence-corrected chi connectivity index (χ0v) is 8.97. The number of fused-ring (bicyclic) bond motifs is 3. The summed E-state index contributed by atoms with van der Waals surface area (Å²) in [5, 5.41) is 19.1. The van der Waals surface area contributed by atoms with Crippen LogP contribution in [0.5, 0.6) is 5.75 Å². The van der Waals surface area contributed by atoms with Crippen molar-refractivity contribution in [2.24, 2.45) is 7.05 Å². The topological polar surface area (TPSA) is 75.6 Å². The van der Waals surface area contributed by atoms with E-state index in [-0.39, 0.29) is 11.4 Å². The van der Waals surface area contributed by atoms with Crippen LogP contribution in [-0.4, -0.2) is 20.7 Å². The lowest BCUT2D eigenvalue weighted by atomic mass is 10.2. The summed E-state index contributed by atoms with van der Waals surface area (Å²) in [6.07, 6.45) is 0. The molecule has 3 rings (SSSR count). The molecule has 0 amide bonds. The van der Waals surface area contributed by atoms with Gasteiger partial charge in [-0.3, -0.25) is 0 Å². The number of aromatic carboxylic acids is 1. The molecule has 2 heterocycles. The lowest BCUT2D eigenvalue weighted by Gasteiger charge is -1.98. The van der Waals surface area contributed by atoms with E-state index in [0.717, 1.165) is 10.9 Å². The molecule has 0 spiro atoms. The summed E-state index contributed by atoms with van der Waals surface area (Å²) in [7, 11) is 1.67. The molecular formula is C12H9NO4. The van der Waals surface area contributed by atoms with Gasteiger partial charge in [-0.2, -0.15) is 0 Å². The average molecular weight is 231 g/mol. The second-order valence-electron chi connectivity index (χ2n) is 3.89. The number of nitrogens with zero attached hydrogens (tertiary/aromatic N) is 1. The van der Waals surface area contributed by atoms with Crippen molar-refractivity contribution in [3.8, 4) is 5.75 Å². The van der Waals surface area contributed by atoms with Crippen molar-refractivity contribution in [3.63, 3.8) is 0 Å². The van der Waals surface area contributed by atoms with Crippen molar-refractivity contribution < 1.29 is 19.4 Å². The molecule has 0 radical (unpaired) electrons. The molecule has 0 aliphatic heterocycles. The summed E-state index contributed by atoms with van der Waals surface area (Å²) in [5.74, 6) is -0.874. The average Bonchev–Trinajstić information content (AvgIpc) is 2.75. The molecule has 0 fully saturated rings. The smallest absolute Gasteiger partial charge is 0.352 e. The van der Waals surface area contributed by atoms with Gasteiger partial charge in [0.15, 0.2) is 5.58 Å². The van der Waals surface area contributed by atoms with Crippen molar-refractivity contribution >= 4 is 28.0 Å². The van der Waals surface area contributed by atoms with Crippen LogP contribution in [0.1, 0.15) is 10.5 Å². The van der Waals surface area contributed by atoms with Gasteiger partial charge in [0, 0.05) is 24.6 Å². The summed E-state index contributed by atoms with van der Waals surface area (Å²) in [6, 6.07) is 6.25. The van der Waals surface area contributed by atoms with E-state index in [1.54, 1.807) is 23.7 Å². The molecule has 86 valence electrons. The number of phenols is 1. The molecule has 5 nitrogen and oxygen atoms in total. The van der Waals surface area contributed by atoms with Gasteiger partial charge in [0.05, 0.1) is 5.52 Å². The molecule has 0 saturated carbocycles. The fourth-order valence-electron chi connectivity index (χ4n) is 2.08. The largest absolute Gasteiger partial charge is 0.508 e. The van der Waals surface area contributed by atoms with Crippen molar-refractivity contribution in [1.82, 2.24) is 4.57 Å². The summed E-state index contributed by atoms with van der Waals surface area (Å²) in [4.78, 5) is 11.0. The minimum atomic E-state index is -0.995. The second-order valence-corrected chi connectivity index (χ2v) is 3.89. The van der Waals surface area contributed by atoms with E-state index in [9.17, 15) is 9.90 Å². The van der Waals surface area contributed by atoms with Gasteiger partial charge in [0.25, 0.3) is 0 Å². The van der Waals surface area contributed by atoms with Crippen LogP contribution >= 0.6 is 0 Å². The van der Waals surface area contributed by atoms with Gasteiger partial charge < -0.3 is 19.2 Å². The van der Waals surface area contributed by atoms with Crippen molar-refractivity contribution in [1.29, 1.82) is 0 Å². The molecular weight excluding hydrogens is 222 g/mol. The predicted molar refractivity (Wildman–Crippen MR) is 61.3 cm³/mol. The fraction of sp³-hybridized carbons (Fsp3) is 0.0833. The summed E-state index contributed by atoms with van der Waals surface area (Å²) >= 11 is 0. The highest BCUT2D eigenvalue weighted by atomic mass is 16.4. The zero-order chi connectivity index (χ0) is 12.2. The standard InChI is InChI=1S/C12H9NO4/c1-13-8(12(15)16)5-10-11(13)7-3-2-6(14)4-9(7)17-10/h2-5,14H,1H3,(H,15,16). The highest BCUT2D eigenvalue weighted by molar-refractivity contribution is 6.06. The van der Waals surface area contributed by atoms with E-state index in [1.165, 1.54) is 12.1 Å². The van der Waals surface area contributed by atoms with Crippen LogP contribution in [0.15, 0.2) is 28.7 Å². The molecule has 0 aliphatic rings. The molecule has 1 aromatic carbocycles. The number of benzene rings is 1. The van der Waals surface area contributed by atoms with E-state index < -0.39 is 5.97 Å². The molecule has 0 bridgehead atoms. The normalized spacial score (nSPS) is 11.4. The lowest BCUT2D eigenvalue weighted by molar-refractivity contribution is 0.0687. The van der Waals surface area contributed by atoms with Gasteiger partial charge >= 0.3 is 5.97 Å². The lowest BCUT2D eigenvalue weighted by Crippen LogP contribution is -2.03. The van der Waals surface area contributed by atoms with Gasteiger partial charge in [-0.1, -0.05) is 0 Å². The minimum absolute atomic E-state index is 0.120. The third-order valence-electron chi connectivity index (χ3n) is 2.86. The third-order valence-corrected chi connectivity index (χ3v) is 2.86. The van der Waals surface area contributed by atoms with Crippen molar-refractivity contribution in [2.75, 3.05) is 0 Å². The number of hydrogen-bond donors (Lipinski definition) is 2. The molecule has 0 aliphatic carbocycles. The number of carbonyl (C=O) groups is 1. The Hall–Kier alpha value is -2.43. The van der Waals surface area contributed by atoms with E-state index in [2.05, 4.69) is 0 Å². The Bertz CT molecular complexity index is 751. The molecule has 3 aromatic rings. The third kappa shape index (κ3) is 1.22. The maximum Gasteiger partial charge on any atom is 0.352 e. The van der Waals surface area contributed by atoms with Crippen LogP contribution in [-0.2, 0) is 7.05 Å². The van der Waals surface area contributed by atoms with Gasteiger partial charge in [0.1, 0.15) is 17.0 Å². The molecule has 0 atom stereocenters. The van der Waals surface area contributed by atoms with Crippen LogP contribution in [0.2, 0.25) is 0 Å². The Morgan fingerprint density at radius 1 is 1.29 bits per heavy atom. The van der Waals surface area contributed by atoms with Gasteiger partial charge in [-0.15, -0.1) is 0 Å². The summed E-state index contributed by atoms with van der Waals surface area (Å²) in [5.41, 5.74) is 1.94. The maximum atomic E-state index is 11.0. The molecule has 5 heteroatoms. The fourth-order valence-corrected chi connectivity index (χ4v) is 2.08. The first-order valence-corrected chi connectivity index (χ1v) is 5.02. The number of carboxylic acid groups (broad SMARTS) is 1. The van der Waals surface area contributed by atoms with E-state index >= 15 is 0 Å². The maximum absolute atomic E-state index is 11.0. The number of phenolic OH excluding ortho intramolecular Hbond substituents is 1. The quantitative estimate of drug-likeness (QED) is 0.673. The van der Waals surface area contributed by atoms with Gasteiger partial charge in [0.2, 0.25) is 0 Å². The van der Waals surface area contributed by atoms with Gasteiger partial charge in [-0.25, -0.2) is 4.79 Å². The predicted octanol–water partition coefficient (Wildman–Crippen LogP) is 2.33. The first-order valence-electron chi connectivity index (χ1n) is 5.02. The molecule has 17 heavy (non-hydrogen) atoms. The highest BCUT2D eigenvalue weighted by Gasteiger charge is 2.17. The Kier molecular flexibility index (Phi) is 1.75. The Labute approximate surface area is 95.5 Å². The minimum Gasteiger partial charge on any atom is -0.508 e. The van der Waals surface area contributed by atoms with E-state index in [4.69, 9.17) is 9.52 Å². The summed E-state index contributed by atoms with van der Waals surface area (Å²) in [6.45, 7) is 0. The monoisotopic (exact) mass is 231 g/mol. The van der Waals surface area contributed by atoms with E-state index in [0.29, 0.717) is 11.2 Å². The van der Waals surface area contributed by atoms with Crippen LogP contribution in [0.3, 0.4) is 0 Å². The van der Waals surface area contributed by atoms with E-state index in [1.807, 2.05) is 0 Å². The number of aromatic hydroxyl groups is 1. The number of hydrogen-bond acceptors (Lipinski definition) is 3. The Morgan fingerprint density at radius 2 is 2.06 bits per heavy atom. The molecule has 0 unspecified atom stereocenters. The first kappa shape index (κ1) is 9.77. The zero-order valence-electron chi connectivity index (χ0n) is 8.97. The number of aromatic nitrogens is 1. The van der Waals surface area contributed by atoms with Crippen LogP contribution in [0, 0.1) is 0 Å². The SMILES string of the molecule is Cn1c(C(=O)O)cc2oc3cc(O)ccc3c21. The van der Waals surface area contributed by atoms with Crippen molar-refractivity contribution in [2.45, 2.75) is 0 Å². The van der Waals surface area contributed by atoms with Crippen LogP contribution < -0.4 is 0 Å². The molecule has 2 N–H and O–H groups in total. The van der Waals surface area contributed by atoms with Crippen LogP contribution in [0.4, 0.5) is 0 Å². The molecule has 2 aromatic heterocycles. The van der Waals surface area contributed by atoms with Crippen molar-refractivity contribution in [3.05, 3.63) is 30.0 Å². The number of aryl methyl sites for hydroxylation is 1. The highest BCUT2D eigenvalue weighted by Crippen LogP contribution is 2.32. The number of carboxylic acids is 1. The summed E-state index contributed by atoms with van der Waals surface area (Å²) < 4.78 is 7.07. The second kappa shape index (κ2) is 3.04. The Balaban J connectivity index is 2.46. The number of rotatable bonds is 1. The first-order chi connectivity index (χ1) is 8.08. The Morgan fingerprint density at radius 3 is 2.76 bits per heavy atom. The molecule has 0 saturated heterocycles. The van der Waals surface area contributed by atoms with Gasteiger partial charge in [-0.05, 0) is 12.1 Å².